The molecule has 0 radical (unpaired) electrons. The van der Waals surface area contributed by atoms with Gasteiger partial charge < -0.3 is 0 Å². The minimum absolute atomic E-state index is 0.328. The average molecular weight is 193 g/mol. The number of carbonyl (C=O) groups excluding carboxylic acids is 2. The maximum Gasteiger partial charge on any atom is 0.251 e. The molecule has 1 aromatic rings. The third-order valence-corrected chi connectivity index (χ3v) is 1.90. The standard InChI is InChI=1S/C10H11NO3/c1-7(12)10(8(2)13)11-6-4-3-5-9(11)14/h3-6,10H,1-2H3. The highest BCUT2D eigenvalue weighted by Gasteiger charge is 2.21. The topological polar surface area (TPSA) is 56.1 Å². The summed E-state index contributed by atoms with van der Waals surface area (Å²) in [5, 5.41) is 0. The van der Waals surface area contributed by atoms with Gasteiger partial charge in [-0.05, 0) is 19.9 Å². The first-order valence-electron chi connectivity index (χ1n) is 4.22. The lowest BCUT2D eigenvalue weighted by Gasteiger charge is -2.12. The molecule has 0 saturated carbocycles. The van der Waals surface area contributed by atoms with E-state index in [9.17, 15) is 14.4 Å². The van der Waals surface area contributed by atoms with Gasteiger partial charge in [-0.15, -0.1) is 0 Å². The lowest BCUT2D eigenvalue weighted by molar-refractivity contribution is -0.129. The van der Waals surface area contributed by atoms with E-state index in [1.54, 1.807) is 12.1 Å². The fourth-order valence-corrected chi connectivity index (χ4v) is 1.33. The molecule has 0 amide bonds. The van der Waals surface area contributed by atoms with Crippen molar-refractivity contribution in [2.75, 3.05) is 0 Å². The highest BCUT2D eigenvalue weighted by Crippen LogP contribution is 2.05. The van der Waals surface area contributed by atoms with E-state index in [0.717, 1.165) is 4.57 Å². The van der Waals surface area contributed by atoms with Gasteiger partial charge in [-0.2, -0.15) is 0 Å². The Bertz CT molecular complexity index is 405. The van der Waals surface area contributed by atoms with E-state index >= 15 is 0 Å². The molecule has 0 aliphatic rings. The normalized spacial score (nSPS) is 10.2. The van der Waals surface area contributed by atoms with Crippen molar-refractivity contribution in [1.82, 2.24) is 4.57 Å². The summed E-state index contributed by atoms with van der Waals surface area (Å²) in [6, 6.07) is 3.51. The molecule has 1 aromatic heterocycles. The first kappa shape index (κ1) is 10.4. The SMILES string of the molecule is CC(=O)C(C(C)=O)n1ccccc1=O. The Morgan fingerprint density at radius 1 is 1.21 bits per heavy atom. The molecular formula is C10H11NO3. The van der Waals surface area contributed by atoms with Crippen molar-refractivity contribution in [1.29, 1.82) is 0 Å². The van der Waals surface area contributed by atoms with Crippen molar-refractivity contribution < 1.29 is 9.59 Å². The molecule has 0 fully saturated rings. The summed E-state index contributed by atoms with van der Waals surface area (Å²) in [4.78, 5) is 33.6. The molecular weight excluding hydrogens is 182 g/mol. The number of hydrogen-bond acceptors (Lipinski definition) is 3. The van der Waals surface area contributed by atoms with Crippen LogP contribution in [-0.4, -0.2) is 16.1 Å². The molecule has 0 unspecified atom stereocenters. The van der Waals surface area contributed by atoms with Crippen molar-refractivity contribution in [3.8, 4) is 0 Å². The summed E-state index contributed by atoms with van der Waals surface area (Å²) in [6.07, 6.45) is 1.44. The van der Waals surface area contributed by atoms with Gasteiger partial charge in [0.15, 0.2) is 17.6 Å². The van der Waals surface area contributed by atoms with Crippen molar-refractivity contribution in [2.45, 2.75) is 19.9 Å². The fourth-order valence-electron chi connectivity index (χ4n) is 1.33. The zero-order chi connectivity index (χ0) is 10.7. The third kappa shape index (κ3) is 1.96. The summed E-state index contributed by atoms with van der Waals surface area (Å²) in [5.41, 5.74) is -0.345. The summed E-state index contributed by atoms with van der Waals surface area (Å²) in [5.74, 6) is -0.656. The minimum atomic E-state index is -0.983. The molecule has 0 aliphatic heterocycles. The molecule has 74 valence electrons. The molecule has 0 spiro atoms. The summed E-state index contributed by atoms with van der Waals surface area (Å²) in [7, 11) is 0. The predicted molar refractivity (Wildman–Crippen MR) is 51.1 cm³/mol. The highest BCUT2D eigenvalue weighted by atomic mass is 16.2. The van der Waals surface area contributed by atoms with Crippen LogP contribution in [-0.2, 0) is 9.59 Å². The zero-order valence-corrected chi connectivity index (χ0v) is 8.06. The number of rotatable bonds is 3. The lowest BCUT2D eigenvalue weighted by atomic mass is 10.1. The monoisotopic (exact) mass is 193 g/mol. The second kappa shape index (κ2) is 4.00. The Kier molecular flexibility index (Phi) is 2.96. The Morgan fingerprint density at radius 2 is 1.79 bits per heavy atom. The van der Waals surface area contributed by atoms with Crippen molar-refractivity contribution in [3.63, 3.8) is 0 Å². The van der Waals surface area contributed by atoms with E-state index in [-0.39, 0.29) is 17.1 Å². The molecule has 4 heteroatoms. The number of aromatic nitrogens is 1. The Labute approximate surface area is 81.2 Å². The molecule has 0 N–H and O–H groups in total. The molecule has 0 atom stereocenters. The Hall–Kier alpha value is -1.71. The van der Waals surface area contributed by atoms with E-state index in [4.69, 9.17) is 0 Å². The zero-order valence-electron chi connectivity index (χ0n) is 8.06. The molecule has 0 saturated heterocycles. The maximum absolute atomic E-state index is 11.3. The summed E-state index contributed by atoms with van der Waals surface area (Å²) in [6.45, 7) is 2.59. The van der Waals surface area contributed by atoms with Crippen molar-refractivity contribution in [2.24, 2.45) is 0 Å². The number of Topliss-reactive ketones (excluding diaryl/α,β-unsaturated/α-hetero) is 2. The summed E-state index contributed by atoms with van der Waals surface area (Å²) < 4.78 is 1.14. The van der Waals surface area contributed by atoms with Gasteiger partial charge in [-0.3, -0.25) is 19.0 Å². The van der Waals surface area contributed by atoms with Crippen LogP contribution < -0.4 is 5.56 Å². The van der Waals surface area contributed by atoms with Gasteiger partial charge in [0.05, 0.1) is 0 Å². The number of ketones is 2. The van der Waals surface area contributed by atoms with Crippen LogP contribution in [0.4, 0.5) is 0 Å². The van der Waals surface area contributed by atoms with Crippen LogP contribution in [0.3, 0.4) is 0 Å². The largest absolute Gasteiger partial charge is 0.298 e. The van der Waals surface area contributed by atoms with Gasteiger partial charge in [0.25, 0.3) is 5.56 Å². The number of carbonyl (C=O) groups is 2. The van der Waals surface area contributed by atoms with Gasteiger partial charge in [-0.25, -0.2) is 0 Å². The van der Waals surface area contributed by atoms with E-state index in [1.165, 1.54) is 26.1 Å². The van der Waals surface area contributed by atoms with Crippen LogP contribution in [0.2, 0.25) is 0 Å². The minimum Gasteiger partial charge on any atom is -0.298 e. The van der Waals surface area contributed by atoms with Crippen LogP contribution in [0.15, 0.2) is 29.2 Å². The molecule has 0 aliphatic carbocycles. The molecule has 1 heterocycles. The van der Waals surface area contributed by atoms with Crippen LogP contribution >= 0.6 is 0 Å². The average Bonchev–Trinajstić information content (AvgIpc) is 2.07. The second-order valence-corrected chi connectivity index (χ2v) is 3.07. The van der Waals surface area contributed by atoms with Crippen LogP contribution in [0.1, 0.15) is 19.9 Å². The van der Waals surface area contributed by atoms with Crippen molar-refractivity contribution >= 4 is 11.6 Å². The second-order valence-electron chi connectivity index (χ2n) is 3.07. The first-order chi connectivity index (χ1) is 6.54. The molecule has 1 rings (SSSR count). The van der Waals surface area contributed by atoms with E-state index in [2.05, 4.69) is 0 Å². The van der Waals surface area contributed by atoms with Gasteiger partial charge in [0.2, 0.25) is 0 Å². The van der Waals surface area contributed by atoms with Gasteiger partial charge in [0, 0.05) is 12.3 Å². The quantitative estimate of drug-likeness (QED) is 0.659. The van der Waals surface area contributed by atoms with Gasteiger partial charge >= 0.3 is 0 Å². The van der Waals surface area contributed by atoms with E-state index in [1.807, 2.05) is 0 Å². The fraction of sp³-hybridized carbons (Fsp3) is 0.300. The smallest absolute Gasteiger partial charge is 0.251 e. The molecule has 0 bridgehead atoms. The Balaban J connectivity index is 3.26. The van der Waals surface area contributed by atoms with Gasteiger partial charge in [0.1, 0.15) is 0 Å². The Morgan fingerprint density at radius 3 is 2.21 bits per heavy atom. The lowest BCUT2D eigenvalue weighted by Crippen LogP contribution is -2.32. The van der Waals surface area contributed by atoms with Crippen LogP contribution in [0, 0.1) is 0 Å². The van der Waals surface area contributed by atoms with E-state index in [0.29, 0.717) is 0 Å². The number of nitrogens with zero attached hydrogens (tertiary/aromatic N) is 1. The highest BCUT2D eigenvalue weighted by molar-refractivity contribution is 6.02. The third-order valence-electron chi connectivity index (χ3n) is 1.90. The number of hydrogen-bond donors (Lipinski definition) is 0. The van der Waals surface area contributed by atoms with Crippen LogP contribution in [0.5, 0.6) is 0 Å². The van der Waals surface area contributed by atoms with Crippen LogP contribution in [0.25, 0.3) is 0 Å². The van der Waals surface area contributed by atoms with E-state index < -0.39 is 6.04 Å². The summed E-state index contributed by atoms with van der Waals surface area (Å²) >= 11 is 0. The van der Waals surface area contributed by atoms with Gasteiger partial charge in [-0.1, -0.05) is 6.07 Å². The molecule has 0 aromatic carbocycles. The molecule has 14 heavy (non-hydrogen) atoms. The number of pyridine rings is 1. The molecule has 4 nitrogen and oxygen atoms in total. The predicted octanol–water partition coefficient (Wildman–Crippen LogP) is 0.567. The maximum atomic E-state index is 11.3. The van der Waals surface area contributed by atoms with Crippen molar-refractivity contribution in [3.05, 3.63) is 34.7 Å². The first-order valence-corrected chi connectivity index (χ1v) is 4.22.